The zero-order valence-electron chi connectivity index (χ0n) is 19.5. The van der Waals surface area contributed by atoms with Crippen LogP contribution >= 0.6 is 0 Å². The number of methoxy groups -OCH3 is 2. The van der Waals surface area contributed by atoms with Gasteiger partial charge in [-0.2, -0.15) is 0 Å². The van der Waals surface area contributed by atoms with Crippen molar-refractivity contribution in [1.82, 2.24) is 19.9 Å². The first kappa shape index (κ1) is 21.9. The average molecular weight is 454 g/mol. The maximum absolute atomic E-state index is 12.8. The second-order valence-corrected chi connectivity index (χ2v) is 9.13. The van der Waals surface area contributed by atoms with Gasteiger partial charge in [-0.05, 0) is 25.8 Å². The first-order valence-electron chi connectivity index (χ1n) is 11.6. The molecular formula is C24H31N5O4. The van der Waals surface area contributed by atoms with Crippen molar-refractivity contribution >= 4 is 11.6 Å². The zero-order valence-corrected chi connectivity index (χ0v) is 19.5. The van der Waals surface area contributed by atoms with Crippen molar-refractivity contribution in [1.29, 1.82) is 0 Å². The van der Waals surface area contributed by atoms with Crippen LogP contribution in [0.3, 0.4) is 0 Å². The van der Waals surface area contributed by atoms with Gasteiger partial charge in [0.2, 0.25) is 17.7 Å². The number of hydrogen-bond donors (Lipinski definition) is 0. The van der Waals surface area contributed by atoms with E-state index in [1.807, 2.05) is 18.0 Å². The van der Waals surface area contributed by atoms with Gasteiger partial charge in [0.05, 0.1) is 49.4 Å². The van der Waals surface area contributed by atoms with E-state index in [0.717, 1.165) is 61.3 Å². The molecule has 2 aromatic rings. The highest BCUT2D eigenvalue weighted by Gasteiger charge is 2.39. The summed E-state index contributed by atoms with van der Waals surface area (Å²) in [7, 11) is 3.34. The molecule has 0 radical (unpaired) electrons. The van der Waals surface area contributed by atoms with E-state index < -0.39 is 0 Å². The van der Waals surface area contributed by atoms with Gasteiger partial charge in [0.15, 0.2) is 0 Å². The third-order valence-corrected chi connectivity index (χ3v) is 7.05. The van der Waals surface area contributed by atoms with Crippen molar-refractivity contribution in [3.05, 3.63) is 35.4 Å². The number of ether oxygens (including phenoxy) is 3. The van der Waals surface area contributed by atoms with Crippen molar-refractivity contribution in [3.63, 3.8) is 0 Å². The number of hydrogen-bond acceptors (Lipinski definition) is 8. The smallest absolute Gasteiger partial charge is 0.226 e. The minimum Gasteiger partial charge on any atom is -0.481 e. The molecule has 1 amide bonds. The Labute approximate surface area is 194 Å². The standard InChI is InChI=1S/C24H31N5O4/c1-15-8-17(11-25-22(15)32-3)28-7-5-21-20(13-28)23(27-14-26-21)33-18-4-6-29(12-18)24(30)16-9-19(10-16)31-2/h8,11,14,16,18-19H,4-7,9-10,12-13H2,1-3H3. The summed E-state index contributed by atoms with van der Waals surface area (Å²) in [5.74, 6) is 1.59. The van der Waals surface area contributed by atoms with Crippen LogP contribution in [0.25, 0.3) is 0 Å². The fourth-order valence-electron chi connectivity index (χ4n) is 4.97. The second-order valence-electron chi connectivity index (χ2n) is 9.13. The minimum atomic E-state index is -0.0495. The number of likely N-dealkylation sites (tertiary alicyclic amines) is 1. The van der Waals surface area contributed by atoms with Crippen LogP contribution < -0.4 is 14.4 Å². The van der Waals surface area contributed by atoms with Crippen LogP contribution in [0.2, 0.25) is 0 Å². The van der Waals surface area contributed by atoms with E-state index in [0.29, 0.717) is 24.8 Å². The highest BCUT2D eigenvalue weighted by atomic mass is 16.5. The maximum atomic E-state index is 12.8. The third-order valence-electron chi connectivity index (χ3n) is 7.05. The lowest BCUT2D eigenvalue weighted by molar-refractivity contribution is -0.142. The van der Waals surface area contributed by atoms with E-state index in [2.05, 4.69) is 25.9 Å². The first-order chi connectivity index (χ1) is 16.1. The summed E-state index contributed by atoms with van der Waals surface area (Å²) >= 11 is 0. The van der Waals surface area contributed by atoms with Gasteiger partial charge in [-0.1, -0.05) is 0 Å². The Hall–Kier alpha value is -2.94. The number of aryl methyl sites for hydroxylation is 1. The van der Waals surface area contributed by atoms with E-state index in [9.17, 15) is 4.79 Å². The Kier molecular flexibility index (Phi) is 6.05. The highest BCUT2D eigenvalue weighted by Crippen LogP contribution is 2.34. The Balaban J connectivity index is 1.25. The topological polar surface area (TPSA) is 89.9 Å². The third kappa shape index (κ3) is 4.34. The first-order valence-corrected chi connectivity index (χ1v) is 11.6. The lowest BCUT2D eigenvalue weighted by Crippen LogP contribution is -2.44. The molecule has 5 rings (SSSR count). The number of anilines is 1. The van der Waals surface area contributed by atoms with E-state index in [1.54, 1.807) is 20.5 Å². The Morgan fingerprint density at radius 1 is 1.09 bits per heavy atom. The van der Waals surface area contributed by atoms with Crippen LogP contribution in [0.4, 0.5) is 5.69 Å². The number of carbonyl (C=O) groups excluding carboxylic acids is 1. The highest BCUT2D eigenvalue weighted by molar-refractivity contribution is 5.80. The molecule has 0 N–H and O–H groups in total. The lowest BCUT2D eigenvalue weighted by Gasteiger charge is -2.35. The fraction of sp³-hybridized carbons (Fsp3) is 0.583. The summed E-state index contributed by atoms with van der Waals surface area (Å²) in [5.41, 5.74) is 4.09. The SMILES string of the molecule is COc1ncc(N2CCc3ncnc(OC4CCN(C(=O)C5CC(OC)C5)C4)c3C2)cc1C. The van der Waals surface area contributed by atoms with Crippen molar-refractivity contribution in [2.24, 2.45) is 5.92 Å². The van der Waals surface area contributed by atoms with Gasteiger partial charge in [0.25, 0.3) is 0 Å². The monoisotopic (exact) mass is 453 g/mol. The average Bonchev–Trinajstić information content (AvgIpc) is 3.27. The molecule has 9 nitrogen and oxygen atoms in total. The predicted octanol–water partition coefficient (Wildman–Crippen LogP) is 2.16. The Morgan fingerprint density at radius 2 is 1.94 bits per heavy atom. The molecule has 0 aromatic carbocycles. The van der Waals surface area contributed by atoms with Crippen LogP contribution in [0.5, 0.6) is 11.8 Å². The number of fused-ring (bicyclic) bond motifs is 1. The molecule has 3 aliphatic rings. The normalized spacial score (nSPS) is 24.3. The van der Waals surface area contributed by atoms with Crippen LogP contribution in [-0.2, 0) is 22.5 Å². The summed E-state index contributed by atoms with van der Waals surface area (Å²) in [6.45, 7) is 4.85. The van der Waals surface area contributed by atoms with Gasteiger partial charge < -0.3 is 24.0 Å². The molecule has 1 aliphatic carbocycles. The number of pyridine rings is 1. The molecule has 9 heteroatoms. The van der Waals surface area contributed by atoms with Gasteiger partial charge in [-0.3, -0.25) is 4.79 Å². The van der Waals surface area contributed by atoms with Gasteiger partial charge in [0.1, 0.15) is 12.4 Å². The van der Waals surface area contributed by atoms with Crippen LogP contribution in [0, 0.1) is 12.8 Å². The van der Waals surface area contributed by atoms with Crippen molar-refractivity contribution in [2.45, 2.75) is 51.4 Å². The lowest BCUT2D eigenvalue weighted by atomic mass is 9.81. The van der Waals surface area contributed by atoms with Crippen molar-refractivity contribution < 1.29 is 19.0 Å². The van der Waals surface area contributed by atoms with Crippen molar-refractivity contribution in [3.8, 4) is 11.8 Å². The number of rotatable bonds is 6. The Bertz CT molecular complexity index is 1030. The number of amides is 1. The molecule has 1 saturated heterocycles. The van der Waals surface area contributed by atoms with Crippen LogP contribution in [0.15, 0.2) is 18.6 Å². The molecule has 1 atom stereocenters. The molecule has 2 fully saturated rings. The van der Waals surface area contributed by atoms with Gasteiger partial charge in [-0.15, -0.1) is 0 Å². The molecule has 0 bridgehead atoms. The summed E-state index contributed by atoms with van der Waals surface area (Å²) < 4.78 is 17.0. The summed E-state index contributed by atoms with van der Waals surface area (Å²) in [5, 5.41) is 0. The molecule has 2 aromatic heterocycles. The number of aromatic nitrogens is 3. The predicted molar refractivity (Wildman–Crippen MR) is 121 cm³/mol. The molecule has 2 aliphatic heterocycles. The quantitative estimate of drug-likeness (QED) is 0.657. The largest absolute Gasteiger partial charge is 0.481 e. The van der Waals surface area contributed by atoms with Crippen molar-refractivity contribution in [2.75, 3.05) is 38.8 Å². The van der Waals surface area contributed by atoms with E-state index in [4.69, 9.17) is 14.2 Å². The number of carbonyl (C=O) groups is 1. The molecule has 33 heavy (non-hydrogen) atoms. The second kappa shape index (κ2) is 9.13. The molecular weight excluding hydrogens is 422 g/mol. The van der Waals surface area contributed by atoms with Gasteiger partial charge >= 0.3 is 0 Å². The minimum absolute atomic E-state index is 0.0495. The zero-order chi connectivity index (χ0) is 22.9. The summed E-state index contributed by atoms with van der Waals surface area (Å²) in [4.78, 5) is 30.4. The molecule has 176 valence electrons. The van der Waals surface area contributed by atoms with Crippen LogP contribution in [-0.4, -0.2) is 71.8 Å². The Morgan fingerprint density at radius 3 is 2.70 bits per heavy atom. The maximum Gasteiger partial charge on any atom is 0.226 e. The molecule has 4 heterocycles. The van der Waals surface area contributed by atoms with E-state index >= 15 is 0 Å². The summed E-state index contributed by atoms with van der Waals surface area (Å²) in [6.07, 6.45) is 6.89. The van der Waals surface area contributed by atoms with E-state index in [-0.39, 0.29) is 24.0 Å². The van der Waals surface area contributed by atoms with E-state index in [1.165, 1.54) is 0 Å². The fourth-order valence-corrected chi connectivity index (χ4v) is 4.97. The summed E-state index contributed by atoms with van der Waals surface area (Å²) in [6, 6.07) is 2.09. The van der Waals surface area contributed by atoms with Gasteiger partial charge in [-0.25, -0.2) is 15.0 Å². The molecule has 0 spiro atoms. The van der Waals surface area contributed by atoms with Gasteiger partial charge in [0, 0.05) is 44.5 Å². The van der Waals surface area contributed by atoms with Crippen LogP contribution in [0.1, 0.15) is 36.1 Å². The molecule has 1 unspecified atom stereocenters. The molecule has 1 saturated carbocycles. The number of nitrogens with zero attached hydrogens (tertiary/aromatic N) is 5.